The summed E-state index contributed by atoms with van der Waals surface area (Å²) in [7, 11) is 6.06. The van der Waals surface area contributed by atoms with Crippen LogP contribution in [-0.2, 0) is 4.74 Å². The first kappa shape index (κ1) is 19.9. The summed E-state index contributed by atoms with van der Waals surface area (Å²) in [5, 5.41) is 6.53. The largest absolute Gasteiger partial charge is 0.383 e. The number of hydrogen-bond donors (Lipinski definition) is 2. The fourth-order valence-corrected chi connectivity index (χ4v) is 2.11. The van der Waals surface area contributed by atoms with Crippen molar-refractivity contribution in [2.75, 3.05) is 67.1 Å². The fraction of sp³-hybridized carbons (Fsp3) is 0.923. The molecule has 1 aliphatic heterocycles. The van der Waals surface area contributed by atoms with Crippen molar-refractivity contribution < 1.29 is 4.74 Å². The van der Waals surface area contributed by atoms with Crippen molar-refractivity contribution in [1.82, 2.24) is 20.4 Å². The van der Waals surface area contributed by atoms with E-state index >= 15 is 0 Å². The minimum Gasteiger partial charge on any atom is -0.383 e. The molecule has 0 aromatic rings. The van der Waals surface area contributed by atoms with Gasteiger partial charge in [-0.25, -0.2) is 0 Å². The van der Waals surface area contributed by atoms with Crippen molar-refractivity contribution in [3.63, 3.8) is 0 Å². The Balaban J connectivity index is 0.00000361. The molecule has 1 unspecified atom stereocenters. The highest BCUT2D eigenvalue weighted by atomic mass is 127. The van der Waals surface area contributed by atoms with Crippen LogP contribution in [0.4, 0.5) is 0 Å². The maximum Gasteiger partial charge on any atom is 0.191 e. The van der Waals surface area contributed by atoms with E-state index in [1.54, 1.807) is 7.11 Å². The van der Waals surface area contributed by atoms with Gasteiger partial charge in [-0.1, -0.05) is 0 Å². The lowest BCUT2D eigenvalue weighted by atomic mass is 10.2. The van der Waals surface area contributed by atoms with E-state index in [0.29, 0.717) is 12.6 Å². The Labute approximate surface area is 140 Å². The van der Waals surface area contributed by atoms with Crippen LogP contribution < -0.4 is 10.6 Å². The van der Waals surface area contributed by atoms with Gasteiger partial charge in [0.25, 0.3) is 0 Å². The van der Waals surface area contributed by atoms with Crippen LogP contribution in [0.3, 0.4) is 0 Å². The van der Waals surface area contributed by atoms with Crippen molar-refractivity contribution in [3.05, 3.63) is 0 Å². The van der Waals surface area contributed by atoms with E-state index in [9.17, 15) is 0 Å². The average molecular weight is 399 g/mol. The molecule has 2 N–H and O–H groups in total. The molecule has 7 heteroatoms. The molecule has 1 atom stereocenters. The van der Waals surface area contributed by atoms with E-state index in [2.05, 4.69) is 46.4 Å². The molecule has 120 valence electrons. The molecule has 0 amide bonds. The van der Waals surface area contributed by atoms with E-state index in [1.807, 2.05) is 0 Å². The van der Waals surface area contributed by atoms with Crippen LogP contribution in [-0.4, -0.2) is 88.9 Å². The van der Waals surface area contributed by atoms with Crippen LogP contribution in [0.25, 0.3) is 0 Å². The minimum absolute atomic E-state index is 0. The van der Waals surface area contributed by atoms with Gasteiger partial charge in [-0.3, -0.25) is 9.89 Å². The van der Waals surface area contributed by atoms with Gasteiger partial charge in [-0.15, -0.1) is 24.0 Å². The van der Waals surface area contributed by atoms with Crippen molar-refractivity contribution in [2.45, 2.75) is 13.0 Å². The summed E-state index contributed by atoms with van der Waals surface area (Å²) in [6, 6.07) is 0.497. The van der Waals surface area contributed by atoms with Gasteiger partial charge < -0.3 is 20.3 Å². The maximum absolute atomic E-state index is 5.04. The third-order valence-corrected chi connectivity index (χ3v) is 3.38. The van der Waals surface area contributed by atoms with Gasteiger partial charge >= 0.3 is 0 Å². The van der Waals surface area contributed by atoms with Gasteiger partial charge in [0.2, 0.25) is 0 Å². The van der Waals surface area contributed by atoms with Crippen LogP contribution in [0.1, 0.15) is 6.92 Å². The summed E-state index contributed by atoms with van der Waals surface area (Å²) in [5.41, 5.74) is 0. The van der Waals surface area contributed by atoms with Crippen LogP contribution in [0.15, 0.2) is 4.99 Å². The van der Waals surface area contributed by atoms with Gasteiger partial charge in [-0.05, 0) is 21.0 Å². The molecule has 0 aromatic heterocycles. The van der Waals surface area contributed by atoms with E-state index in [4.69, 9.17) is 4.74 Å². The molecule has 1 aliphatic rings. The molecule has 6 nitrogen and oxygen atoms in total. The maximum atomic E-state index is 5.04. The van der Waals surface area contributed by atoms with Crippen LogP contribution in [0.5, 0.6) is 0 Å². The highest BCUT2D eigenvalue weighted by Crippen LogP contribution is 2.05. The number of methoxy groups -OCH3 is 1. The zero-order valence-corrected chi connectivity index (χ0v) is 15.5. The second-order valence-electron chi connectivity index (χ2n) is 5.04. The number of aliphatic imine (C=N–C) groups is 1. The first-order valence-electron chi connectivity index (χ1n) is 7.07. The molecule has 20 heavy (non-hydrogen) atoms. The number of likely N-dealkylation sites (N-methyl/N-ethyl adjacent to an activating group) is 2. The molecule has 1 rings (SSSR count). The van der Waals surface area contributed by atoms with Crippen LogP contribution in [0, 0.1) is 0 Å². The number of rotatable bonds is 6. The van der Waals surface area contributed by atoms with E-state index in [0.717, 1.165) is 45.2 Å². The highest BCUT2D eigenvalue weighted by molar-refractivity contribution is 14.0. The SMILES string of the molecule is CCNC(=NCC1CN(C)CCN1C)NCCOC.I. The molecular formula is C13H30IN5O. The standard InChI is InChI=1S/C13H29N5O.HI/c1-5-14-13(15-6-9-19-4)16-10-12-11-17(2)7-8-18(12)3;/h12H,5-11H2,1-4H3,(H2,14,15,16);1H. The minimum atomic E-state index is 0. The summed E-state index contributed by atoms with van der Waals surface area (Å²) in [4.78, 5) is 9.42. The average Bonchev–Trinajstić information content (AvgIpc) is 2.40. The number of piperazine rings is 1. The topological polar surface area (TPSA) is 52.1 Å². The smallest absolute Gasteiger partial charge is 0.191 e. The Hall–Kier alpha value is -0.120. The van der Waals surface area contributed by atoms with Crippen molar-refractivity contribution in [3.8, 4) is 0 Å². The zero-order valence-electron chi connectivity index (χ0n) is 13.2. The van der Waals surface area contributed by atoms with Gasteiger partial charge in [0.15, 0.2) is 5.96 Å². The number of nitrogens with one attached hydrogen (secondary N) is 2. The third kappa shape index (κ3) is 7.61. The Morgan fingerprint density at radius 3 is 2.70 bits per heavy atom. The molecular weight excluding hydrogens is 369 g/mol. The lowest BCUT2D eigenvalue weighted by Crippen LogP contribution is -2.51. The van der Waals surface area contributed by atoms with Gasteiger partial charge in [0, 0.05) is 45.9 Å². The van der Waals surface area contributed by atoms with E-state index < -0.39 is 0 Å². The van der Waals surface area contributed by atoms with Crippen molar-refractivity contribution in [2.24, 2.45) is 4.99 Å². The zero-order chi connectivity index (χ0) is 14.1. The van der Waals surface area contributed by atoms with Gasteiger partial charge in [0.1, 0.15) is 0 Å². The molecule has 0 bridgehead atoms. The number of ether oxygens (including phenoxy) is 1. The summed E-state index contributed by atoms with van der Waals surface area (Å²) < 4.78 is 5.04. The Morgan fingerprint density at radius 1 is 1.30 bits per heavy atom. The number of hydrogen-bond acceptors (Lipinski definition) is 4. The first-order valence-corrected chi connectivity index (χ1v) is 7.07. The summed E-state index contributed by atoms with van der Waals surface area (Å²) in [6.07, 6.45) is 0. The molecule has 0 saturated carbocycles. The van der Waals surface area contributed by atoms with Crippen molar-refractivity contribution >= 4 is 29.9 Å². The van der Waals surface area contributed by atoms with Crippen LogP contribution in [0.2, 0.25) is 0 Å². The van der Waals surface area contributed by atoms with Crippen LogP contribution >= 0.6 is 24.0 Å². The normalized spacial score (nSPS) is 21.4. The number of guanidine groups is 1. The van der Waals surface area contributed by atoms with Gasteiger partial charge in [-0.2, -0.15) is 0 Å². The summed E-state index contributed by atoms with van der Waals surface area (Å²) in [6.45, 7) is 8.58. The second-order valence-corrected chi connectivity index (χ2v) is 5.04. The molecule has 1 heterocycles. The molecule has 1 fully saturated rings. The van der Waals surface area contributed by atoms with Crippen molar-refractivity contribution in [1.29, 1.82) is 0 Å². The Morgan fingerprint density at radius 2 is 2.05 bits per heavy atom. The number of nitrogens with zero attached hydrogens (tertiary/aromatic N) is 3. The monoisotopic (exact) mass is 399 g/mol. The lowest BCUT2D eigenvalue weighted by molar-refractivity contribution is 0.119. The quantitative estimate of drug-likeness (QED) is 0.286. The first-order chi connectivity index (χ1) is 9.17. The molecule has 0 radical (unpaired) electrons. The number of halogens is 1. The fourth-order valence-electron chi connectivity index (χ4n) is 2.11. The Bertz CT molecular complexity index is 277. The Kier molecular flexibility index (Phi) is 11.5. The van der Waals surface area contributed by atoms with Gasteiger partial charge in [0.05, 0.1) is 13.2 Å². The van der Waals surface area contributed by atoms with E-state index in [1.165, 1.54) is 0 Å². The lowest BCUT2D eigenvalue weighted by Gasteiger charge is -2.36. The molecule has 0 aromatic carbocycles. The predicted molar refractivity (Wildman–Crippen MR) is 95.2 cm³/mol. The molecule has 0 spiro atoms. The van der Waals surface area contributed by atoms with E-state index in [-0.39, 0.29) is 24.0 Å². The predicted octanol–water partition coefficient (Wildman–Crippen LogP) is 0.0517. The highest BCUT2D eigenvalue weighted by Gasteiger charge is 2.21. The third-order valence-electron chi connectivity index (χ3n) is 3.38. The second kappa shape index (κ2) is 11.5. The molecule has 1 saturated heterocycles. The molecule has 0 aliphatic carbocycles. The summed E-state index contributed by atoms with van der Waals surface area (Å²) >= 11 is 0. The summed E-state index contributed by atoms with van der Waals surface area (Å²) in [5.74, 6) is 0.876.